The third-order valence-corrected chi connectivity index (χ3v) is 2.27. The predicted octanol–water partition coefficient (Wildman–Crippen LogP) is 3.25. The monoisotopic (exact) mass is 241 g/mol. The molecule has 0 aliphatic carbocycles. The minimum Gasteiger partial charge on any atom is -0.355 e. The van der Waals surface area contributed by atoms with Crippen molar-refractivity contribution in [1.82, 2.24) is 9.97 Å². The second-order valence-electron chi connectivity index (χ2n) is 4.89. The molecule has 16 heavy (non-hydrogen) atoms. The fourth-order valence-electron chi connectivity index (χ4n) is 1.63. The van der Waals surface area contributed by atoms with Gasteiger partial charge in [-0.15, -0.1) is 0 Å². The minimum atomic E-state index is 0.454. The van der Waals surface area contributed by atoms with Crippen LogP contribution in [0.25, 0.3) is 0 Å². The van der Waals surface area contributed by atoms with Crippen LogP contribution in [-0.4, -0.2) is 23.1 Å². The Kier molecular flexibility index (Phi) is 5.00. The van der Waals surface area contributed by atoms with Gasteiger partial charge in [-0.3, -0.25) is 4.98 Å². The van der Waals surface area contributed by atoms with Crippen LogP contribution >= 0.6 is 11.6 Å². The van der Waals surface area contributed by atoms with E-state index >= 15 is 0 Å². The Morgan fingerprint density at radius 3 is 2.12 bits per heavy atom. The molecule has 0 aromatic carbocycles. The first-order chi connectivity index (χ1) is 7.49. The van der Waals surface area contributed by atoms with Gasteiger partial charge in [0.05, 0.1) is 12.4 Å². The average molecular weight is 242 g/mol. The molecular formula is C12H20ClN3. The summed E-state index contributed by atoms with van der Waals surface area (Å²) in [5.74, 6) is 2.06. The first kappa shape index (κ1) is 13.2. The molecule has 4 heteroatoms. The van der Waals surface area contributed by atoms with Crippen LogP contribution in [-0.2, 0) is 0 Å². The fraction of sp³-hybridized carbons (Fsp3) is 0.667. The molecule has 1 aromatic heterocycles. The Hall–Kier alpha value is -0.830. The first-order valence-corrected chi connectivity index (χ1v) is 6.09. The van der Waals surface area contributed by atoms with Gasteiger partial charge in [0.25, 0.3) is 0 Å². The molecule has 0 atom stereocenters. The van der Waals surface area contributed by atoms with Crippen LogP contribution in [0.3, 0.4) is 0 Å². The average Bonchev–Trinajstić information content (AvgIpc) is 2.15. The van der Waals surface area contributed by atoms with Crippen LogP contribution in [0.1, 0.15) is 27.7 Å². The molecule has 0 saturated heterocycles. The zero-order valence-corrected chi connectivity index (χ0v) is 11.2. The molecule has 0 aliphatic rings. The maximum absolute atomic E-state index is 5.86. The van der Waals surface area contributed by atoms with E-state index in [1.165, 1.54) is 0 Å². The molecule has 1 rings (SSSR count). The van der Waals surface area contributed by atoms with E-state index < -0.39 is 0 Å². The number of anilines is 1. The lowest BCUT2D eigenvalue weighted by Gasteiger charge is -2.27. The Balaban J connectivity index is 2.82. The molecule has 0 N–H and O–H groups in total. The summed E-state index contributed by atoms with van der Waals surface area (Å²) in [4.78, 5) is 10.6. The predicted molar refractivity (Wildman–Crippen MR) is 68.9 cm³/mol. The maximum Gasteiger partial charge on any atom is 0.149 e. The Labute approximate surface area is 103 Å². The third-order valence-electron chi connectivity index (χ3n) is 2.09. The lowest BCUT2D eigenvalue weighted by molar-refractivity contribution is 0.548. The molecule has 0 saturated carbocycles. The van der Waals surface area contributed by atoms with Gasteiger partial charge in [-0.25, -0.2) is 4.98 Å². The number of hydrogen-bond donors (Lipinski definition) is 0. The van der Waals surface area contributed by atoms with Gasteiger partial charge in [-0.2, -0.15) is 0 Å². The summed E-state index contributed by atoms with van der Waals surface area (Å²) in [6, 6.07) is 0. The first-order valence-electron chi connectivity index (χ1n) is 5.71. The summed E-state index contributed by atoms with van der Waals surface area (Å²) in [6.07, 6.45) is 3.34. The van der Waals surface area contributed by atoms with Gasteiger partial charge >= 0.3 is 0 Å². The molecule has 1 aromatic rings. The molecule has 90 valence electrons. The van der Waals surface area contributed by atoms with Gasteiger partial charge in [0, 0.05) is 13.1 Å². The normalized spacial score (nSPS) is 11.2. The van der Waals surface area contributed by atoms with Gasteiger partial charge in [0.1, 0.15) is 11.0 Å². The summed E-state index contributed by atoms with van der Waals surface area (Å²) in [5.41, 5.74) is 0. The highest BCUT2D eigenvalue weighted by molar-refractivity contribution is 6.29. The van der Waals surface area contributed by atoms with Gasteiger partial charge in [-0.05, 0) is 11.8 Å². The van der Waals surface area contributed by atoms with Crippen molar-refractivity contribution >= 4 is 17.4 Å². The van der Waals surface area contributed by atoms with Crippen LogP contribution in [0.5, 0.6) is 0 Å². The lowest BCUT2D eigenvalue weighted by atomic mass is 10.1. The van der Waals surface area contributed by atoms with Crippen molar-refractivity contribution in [1.29, 1.82) is 0 Å². The van der Waals surface area contributed by atoms with Crippen molar-refractivity contribution in [2.45, 2.75) is 27.7 Å². The van der Waals surface area contributed by atoms with Crippen LogP contribution in [0.4, 0.5) is 5.82 Å². The zero-order chi connectivity index (χ0) is 12.1. The van der Waals surface area contributed by atoms with E-state index in [-0.39, 0.29) is 0 Å². The van der Waals surface area contributed by atoms with Gasteiger partial charge in [0.15, 0.2) is 0 Å². The van der Waals surface area contributed by atoms with Gasteiger partial charge in [-0.1, -0.05) is 39.3 Å². The topological polar surface area (TPSA) is 29.0 Å². The molecule has 0 bridgehead atoms. The van der Waals surface area contributed by atoms with Crippen molar-refractivity contribution in [3.8, 4) is 0 Å². The largest absolute Gasteiger partial charge is 0.355 e. The highest BCUT2D eigenvalue weighted by Gasteiger charge is 2.12. The second-order valence-corrected chi connectivity index (χ2v) is 5.28. The highest BCUT2D eigenvalue weighted by atomic mass is 35.5. The molecule has 0 spiro atoms. The molecule has 0 aliphatic heterocycles. The van der Waals surface area contributed by atoms with E-state index in [1.807, 2.05) is 0 Å². The molecule has 3 nitrogen and oxygen atoms in total. The fourth-order valence-corrected chi connectivity index (χ4v) is 1.77. The number of hydrogen-bond acceptors (Lipinski definition) is 3. The van der Waals surface area contributed by atoms with Crippen molar-refractivity contribution in [3.05, 3.63) is 17.5 Å². The number of rotatable bonds is 5. The highest BCUT2D eigenvalue weighted by Crippen LogP contribution is 2.15. The van der Waals surface area contributed by atoms with Crippen LogP contribution in [0, 0.1) is 11.8 Å². The molecule has 0 fully saturated rings. The van der Waals surface area contributed by atoms with Crippen molar-refractivity contribution in [2.24, 2.45) is 11.8 Å². The third kappa shape index (κ3) is 4.35. The van der Waals surface area contributed by atoms with E-state index in [1.54, 1.807) is 12.4 Å². The quantitative estimate of drug-likeness (QED) is 0.793. The van der Waals surface area contributed by atoms with Gasteiger partial charge < -0.3 is 4.90 Å². The maximum atomic E-state index is 5.86. The molecule has 1 heterocycles. The van der Waals surface area contributed by atoms with Crippen molar-refractivity contribution in [2.75, 3.05) is 18.0 Å². The smallest absolute Gasteiger partial charge is 0.149 e. The number of aromatic nitrogens is 2. The molecule has 0 amide bonds. The van der Waals surface area contributed by atoms with Crippen LogP contribution in [0.2, 0.25) is 5.15 Å². The van der Waals surface area contributed by atoms with E-state index in [0.29, 0.717) is 17.0 Å². The summed E-state index contributed by atoms with van der Waals surface area (Å²) in [6.45, 7) is 10.8. The Morgan fingerprint density at radius 1 is 1.12 bits per heavy atom. The van der Waals surface area contributed by atoms with Crippen LogP contribution in [0.15, 0.2) is 12.4 Å². The van der Waals surface area contributed by atoms with Crippen molar-refractivity contribution in [3.63, 3.8) is 0 Å². The van der Waals surface area contributed by atoms with E-state index in [9.17, 15) is 0 Å². The Bertz CT molecular complexity index is 316. The van der Waals surface area contributed by atoms with E-state index in [4.69, 9.17) is 11.6 Å². The zero-order valence-electron chi connectivity index (χ0n) is 10.4. The molecular weight excluding hydrogens is 222 g/mol. The summed E-state index contributed by atoms with van der Waals surface area (Å²) in [5, 5.41) is 0.454. The number of nitrogens with zero attached hydrogens (tertiary/aromatic N) is 3. The Morgan fingerprint density at radius 2 is 1.69 bits per heavy atom. The SMILES string of the molecule is CC(C)CN(CC(C)C)c1cncc(Cl)n1. The van der Waals surface area contributed by atoms with Gasteiger partial charge in [0.2, 0.25) is 0 Å². The number of halogens is 1. The van der Waals surface area contributed by atoms with Crippen molar-refractivity contribution < 1.29 is 0 Å². The minimum absolute atomic E-state index is 0.454. The van der Waals surface area contributed by atoms with E-state index in [0.717, 1.165) is 18.9 Å². The van der Waals surface area contributed by atoms with Crippen LogP contribution < -0.4 is 4.90 Å². The standard InChI is InChI=1S/C12H20ClN3/c1-9(2)7-16(8-10(3)4)12-6-14-5-11(13)15-12/h5-6,9-10H,7-8H2,1-4H3. The summed E-state index contributed by atoms with van der Waals surface area (Å²) in [7, 11) is 0. The lowest BCUT2D eigenvalue weighted by Crippen LogP contribution is -2.32. The second kappa shape index (κ2) is 6.04. The molecule has 0 unspecified atom stereocenters. The summed E-state index contributed by atoms with van der Waals surface area (Å²) >= 11 is 5.86. The molecule has 0 radical (unpaired) electrons. The summed E-state index contributed by atoms with van der Waals surface area (Å²) < 4.78 is 0. The van der Waals surface area contributed by atoms with E-state index in [2.05, 4.69) is 42.6 Å².